The molecule has 0 radical (unpaired) electrons. The molecule has 23 heavy (non-hydrogen) atoms. The van der Waals surface area contributed by atoms with Crippen molar-refractivity contribution in [3.05, 3.63) is 63.8 Å². The second-order valence-corrected chi connectivity index (χ2v) is 7.38. The van der Waals surface area contributed by atoms with Gasteiger partial charge in [0, 0.05) is 15.9 Å². The summed E-state index contributed by atoms with van der Waals surface area (Å²) in [5.41, 5.74) is 2.99. The van der Waals surface area contributed by atoms with Crippen molar-refractivity contribution in [2.24, 2.45) is 5.92 Å². The molecule has 0 bridgehead atoms. The summed E-state index contributed by atoms with van der Waals surface area (Å²) in [5.74, 6) is 0.755. The van der Waals surface area contributed by atoms with Gasteiger partial charge in [0.25, 0.3) is 5.91 Å². The van der Waals surface area contributed by atoms with Gasteiger partial charge < -0.3 is 5.32 Å². The zero-order valence-corrected chi connectivity index (χ0v) is 14.0. The van der Waals surface area contributed by atoms with E-state index in [1.807, 2.05) is 29.6 Å². The molecule has 1 aliphatic rings. The summed E-state index contributed by atoms with van der Waals surface area (Å²) in [4.78, 5) is 14.1. The third-order valence-corrected chi connectivity index (χ3v) is 5.70. The minimum Gasteiger partial charge on any atom is -0.322 e. The van der Waals surface area contributed by atoms with Crippen molar-refractivity contribution < 1.29 is 4.79 Å². The molecule has 2 nitrogen and oxygen atoms in total. The van der Waals surface area contributed by atoms with Crippen LogP contribution in [0.4, 0.5) is 5.69 Å². The van der Waals surface area contributed by atoms with Crippen LogP contribution in [-0.2, 0) is 12.8 Å². The van der Waals surface area contributed by atoms with Gasteiger partial charge in [0.1, 0.15) is 0 Å². The first kappa shape index (κ1) is 14.5. The number of amides is 1. The molecule has 0 spiro atoms. The monoisotopic (exact) mass is 321 g/mol. The Labute approximate surface area is 140 Å². The van der Waals surface area contributed by atoms with E-state index >= 15 is 0 Å². The zero-order valence-electron chi connectivity index (χ0n) is 13.1. The molecule has 3 aromatic rings. The van der Waals surface area contributed by atoms with E-state index in [0.29, 0.717) is 0 Å². The van der Waals surface area contributed by atoms with Crippen LogP contribution in [0.3, 0.4) is 0 Å². The SMILES string of the molecule is C[C@H]1CCc2c(C(=O)Nc3ccc4ccccc4c3)csc2C1. The third kappa shape index (κ3) is 2.77. The fourth-order valence-electron chi connectivity index (χ4n) is 3.33. The van der Waals surface area contributed by atoms with Gasteiger partial charge in [-0.25, -0.2) is 0 Å². The Hall–Kier alpha value is -2.13. The summed E-state index contributed by atoms with van der Waals surface area (Å²) in [7, 11) is 0. The molecule has 0 aliphatic heterocycles. The Bertz CT molecular complexity index is 880. The molecule has 0 fully saturated rings. The van der Waals surface area contributed by atoms with Crippen LogP contribution in [-0.4, -0.2) is 5.91 Å². The first-order chi connectivity index (χ1) is 11.2. The van der Waals surface area contributed by atoms with Gasteiger partial charge in [0.15, 0.2) is 0 Å². The average Bonchev–Trinajstić information content (AvgIpc) is 2.97. The molecule has 1 atom stereocenters. The lowest BCUT2D eigenvalue weighted by Gasteiger charge is -2.18. The van der Waals surface area contributed by atoms with Crippen molar-refractivity contribution in [3.8, 4) is 0 Å². The van der Waals surface area contributed by atoms with Crippen molar-refractivity contribution in [2.45, 2.75) is 26.2 Å². The standard InChI is InChI=1S/C20H19NOS/c1-13-6-9-17-18(12-23-19(17)10-13)20(22)21-16-8-7-14-4-2-3-5-15(14)11-16/h2-5,7-8,11-13H,6,9-10H2,1H3,(H,21,22)/t13-/m0/s1. The van der Waals surface area contributed by atoms with Crippen LogP contribution in [0.2, 0.25) is 0 Å². The van der Waals surface area contributed by atoms with E-state index in [-0.39, 0.29) is 5.91 Å². The van der Waals surface area contributed by atoms with Crippen molar-refractivity contribution in [3.63, 3.8) is 0 Å². The van der Waals surface area contributed by atoms with Gasteiger partial charge in [-0.15, -0.1) is 11.3 Å². The van der Waals surface area contributed by atoms with Crippen molar-refractivity contribution in [2.75, 3.05) is 5.32 Å². The Balaban J connectivity index is 1.60. The predicted octanol–water partition coefficient (Wildman–Crippen LogP) is 5.28. The maximum Gasteiger partial charge on any atom is 0.256 e. The summed E-state index contributed by atoms with van der Waals surface area (Å²) >= 11 is 1.74. The molecule has 1 amide bonds. The molecule has 1 N–H and O–H groups in total. The number of carbonyl (C=O) groups excluding carboxylic acids is 1. The minimum atomic E-state index is 0.0207. The van der Waals surface area contributed by atoms with E-state index in [9.17, 15) is 4.79 Å². The van der Waals surface area contributed by atoms with Crippen LogP contribution in [0, 0.1) is 5.92 Å². The second kappa shape index (κ2) is 5.82. The lowest BCUT2D eigenvalue weighted by Crippen LogP contribution is -2.16. The Morgan fingerprint density at radius 1 is 1.17 bits per heavy atom. The molecular formula is C20H19NOS. The highest BCUT2D eigenvalue weighted by Gasteiger charge is 2.23. The lowest BCUT2D eigenvalue weighted by molar-refractivity contribution is 0.102. The zero-order chi connectivity index (χ0) is 15.8. The van der Waals surface area contributed by atoms with Crippen LogP contribution < -0.4 is 5.32 Å². The summed E-state index contributed by atoms with van der Waals surface area (Å²) in [6.07, 6.45) is 3.32. The lowest BCUT2D eigenvalue weighted by atomic mass is 9.88. The van der Waals surface area contributed by atoms with E-state index in [4.69, 9.17) is 0 Å². The van der Waals surface area contributed by atoms with E-state index in [1.165, 1.54) is 22.2 Å². The van der Waals surface area contributed by atoms with Crippen LogP contribution in [0.5, 0.6) is 0 Å². The van der Waals surface area contributed by atoms with Crippen LogP contribution in [0.15, 0.2) is 47.8 Å². The maximum atomic E-state index is 12.7. The molecule has 1 heterocycles. The van der Waals surface area contributed by atoms with E-state index in [2.05, 4.69) is 30.4 Å². The van der Waals surface area contributed by atoms with Gasteiger partial charge >= 0.3 is 0 Å². The molecule has 1 aromatic heterocycles. The van der Waals surface area contributed by atoms with Crippen LogP contribution >= 0.6 is 11.3 Å². The van der Waals surface area contributed by atoms with Crippen molar-refractivity contribution >= 4 is 33.7 Å². The van der Waals surface area contributed by atoms with E-state index < -0.39 is 0 Å². The maximum absolute atomic E-state index is 12.7. The second-order valence-electron chi connectivity index (χ2n) is 6.42. The average molecular weight is 321 g/mol. The van der Waals surface area contributed by atoms with Gasteiger partial charge in [0.2, 0.25) is 0 Å². The molecular weight excluding hydrogens is 302 g/mol. The van der Waals surface area contributed by atoms with Gasteiger partial charge in [-0.1, -0.05) is 37.3 Å². The fraction of sp³-hybridized carbons (Fsp3) is 0.250. The molecule has 3 heteroatoms. The Morgan fingerprint density at radius 3 is 2.87 bits per heavy atom. The van der Waals surface area contributed by atoms with E-state index in [1.54, 1.807) is 11.3 Å². The number of benzene rings is 2. The van der Waals surface area contributed by atoms with Gasteiger partial charge in [-0.2, -0.15) is 0 Å². The van der Waals surface area contributed by atoms with Gasteiger partial charge in [0.05, 0.1) is 5.56 Å². The predicted molar refractivity (Wildman–Crippen MR) is 97.4 cm³/mol. The molecule has 1 aliphatic carbocycles. The topological polar surface area (TPSA) is 29.1 Å². The van der Waals surface area contributed by atoms with E-state index in [0.717, 1.165) is 35.4 Å². The molecule has 4 rings (SSSR count). The fourth-order valence-corrected chi connectivity index (χ4v) is 4.58. The highest BCUT2D eigenvalue weighted by Crippen LogP contribution is 2.33. The summed E-state index contributed by atoms with van der Waals surface area (Å²) in [6.45, 7) is 2.29. The van der Waals surface area contributed by atoms with Crippen molar-refractivity contribution in [1.82, 2.24) is 0 Å². The first-order valence-electron chi connectivity index (χ1n) is 8.10. The normalized spacial score (nSPS) is 17.0. The smallest absolute Gasteiger partial charge is 0.256 e. The summed E-state index contributed by atoms with van der Waals surface area (Å²) in [6, 6.07) is 14.3. The molecule has 0 saturated carbocycles. The quantitative estimate of drug-likeness (QED) is 0.683. The highest BCUT2D eigenvalue weighted by atomic mass is 32.1. The molecule has 0 saturated heterocycles. The third-order valence-electron chi connectivity index (χ3n) is 4.65. The number of thiophene rings is 1. The van der Waals surface area contributed by atoms with Crippen LogP contribution in [0.25, 0.3) is 10.8 Å². The van der Waals surface area contributed by atoms with Crippen LogP contribution in [0.1, 0.15) is 34.1 Å². The number of rotatable bonds is 2. The minimum absolute atomic E-state index is 0.0207. The largest absolute Gasteiger partial charge is 0.322 e. The first-order valence-corrected chi connectivity index (χ1v) is 8.98. The van der Waals surface area contributed by atoms with Gasteiger partial charge in [-0.3, -0.25) is 4.79 Å². The molecule has 2 aromatic carbocycles. The Morgan fingerprint density at radius 2 is 2.00 bits per heavy atom. The number of hydrogen-bond acceptors (Lipinski definition) is 2. The number of hydrogen-bond donors (Lipinski definition) is 1. The molecule has 116 valence electrons. The Kier molecular flexibility index (Phi) is 3.66. The van der Waals surface area contributed by atoms with Gasteiger partial charge in [-0.05, 0) is 53.6 Å². The number of anilines is 1. The summed E-state index contributed by atoms with van der Waals surface area (Å²) < 4.78 is 0. The number of nitrogens with one attached hydrogen (secondary N) is 1. The molecule has 0 unspecified atom stereocenters. The highest BCUT2D eigenvalue weighted by molar-refractivity contribution is 7.10. The number of fused-ring (bicyclic) bond motifs is 2. The number of carbonyl (C=O) groups is 1. The summed E-state index contributed by atoms with van der Waals surface area (Å²) in [5, 5.41) is 7.42. The van der Waals surface area contributed by atoms with Crippen molar-refractivity contribution in [1.29, 1.82) is 0 Å².